The summed E-state index contributed by atoms with van der Waals surface area (Å²) in [5.41, 5.74) is 0. The molecule has 0 aliphatic heterocycles. The van der Waals surface area contributed by atoms with Gasteiger partial charge in [-0.2, -0.15) is 0 Å². The second-order valence-corrected chi connectivity index (χ2v) is 3.84. The Bertz CT molecular complexity index is 220. The van der Waals surface area contributed by atoms with Gasteiger partial charge in [0.2, 0.25) is 0 Å². The highest BCUT2D eigenvalue weighted by Crippen LogP contribution is 2.02. The van der Waals surface area contributed by atoms with Gasteiger partial charge in [0.1, 0.15) is 24.4 Å². The molecule has 0 radical (unpaired) electrons. The number of hydrogen-bond donors (Lipinski definition) is 5. The third-order valence-electron chi connectivity index (χ3n) is 2.22. The molecule has 5 N–H and O–H groups in total. The van der Waals surface area contributed by atoms with Crippen molar-refractivity contribution in [2.45, 2.75) is 51.5 Å². The minimum absolute atomic E-state index is 0.0258. The number of carbonyl (C=O) groups is 1. The van der Waals surface area contributed by atoms with Crippen LogP contribution in [-0.4, -0.2) is 82.3 Å². The lowest BCUT2D eigenvalue weighted by Crippen LogP contribution is -2.46. The molecular formula is C12H26O8. The lowest BCUT2D eigenvalue weighted by molar-refractivity contribution is -0.136. The third-order valence-corrected chi connectivity index (χ3v) is 2.22. The summed E-state index contributed by atoms with van der Waals surface area (Å²) >= 11 is 0. The standard InChI is InChI=1S/C6H12O6.C6H14O2/c7-1-3(9)5(11)6(12)4(10)2-8;1-4-7-6(3)8-5-2/h1,3-6,8-12H,2H2;6H,4-5H2,1-3H3/t3-,4+,5+,6+;/m0./s1. The Morgan fingerprint density at radius 2 is 1.45 bits per heavy atom. The molecule has 8 nitrogen and oxygen atoms in total. The maximum absolute atomic E-state index is 9.90. The molecule has 0 amide bonds. The summed E-state index contributed by atoms with van der Waals surface area (Å²) in [7, 11) is 0. The Labute approximate surface area is 118 Å². The predicted molar refractivity (Wildman–Crippen MR) is 69.9 cm³/mol. The van der Waals surface area contributed by atoms with Gasteiger partial charge in [-0.1, -0.05) is 0 Å². The van der Waals surface area contributed by atoms with Crippen LogP contribution in [0.25, 0.3) is 0 Å². The topological polar surface area (TPSA) is 137 Å². The molecule has 0 aromatic heterocycles. The van der Waals surface area contributed by atoms with Crippen LogP contribution in [0.4, 0.5) is 0 Å². The van der Waals surface area contributed by atoms with E-state index in [1.165, 1.54) is 0 Å². The van der Waals surface area contributed by atoms with E-state index in [4.69, 9.17) is 35.0 Å². The Morgan fingerprint density at radius 3 is 1.75 bits per heavy atom. The highest BCUT2D eigenvalue weighted by atomic mass is 16.7. The summed E-state index contributed by atoms with van der Waals surface area (Å²) in [4.78, 5) is 9.90. The van der Waals surface area contributed by atoms with Crippen molar-refractivity contribution in [2.24, 2.45) is 0 Å². The van der Waals surface area contributed by atoms with Crippen LogP contribution in [-0.2, 0) is 14.3 Å². The highest BCUT2D eigenvalue weighted by Gasteiger charge is 2.29. The van der Waals surface area contributed by atoms with Gasteiger partial charge in [-0.05, 0) is 20.8 Å². The number of aliphatic hydroxyl groups is 5. The van der Waals surface area contributed by atoms with E-state index in [0.29, 0.717) is 0 Å². The van der Waals surface area contributed by atoms with Crippen molar-refractivity contribution in [1.29, 1.82) is 0 Å². The van der Waals surface area contributed by atoms with E-state index in [-0.39, 0.29) is 12.6 Å². The van der Waals surface area contributed by atoms with E-state index in [1.807, 2.05) is 20.8 Å². The second-order valence-electron chi connectivity index (χ2n) is 3.84. The van der Waals surface area contributed by atoms with Gasteiger partial charge in [0, 0.05) is 13.2 Å². The zero-order valence-electron chi connectivity index (χ0n) is 12.0. The fourth-order valence-corrected chi connectivity index (χ4v) is 1.14. The van der Waals surface area contributed by atoms with Gasteiger partial charge in [0.15, 0.2) is 12.6 Å². The molecule has 0 fully saturated rings. The first kappa shape index (κ1) is 21.7. The molecular weight excluding hydrogens is 272 g/mol. The van der Waals surface area contributed by atoms with Gasteiger partial charge in [-0.3, -0.25) is 0 Å². The van der Waals surface area contributed by atoms with Gasteiger partial charge >= 0.3 is 0 Å². The van der Waals surface area contributed by atoms with Gasteiger partial charge in [0.05, 0.1) is 6.61 Å². The number of hydrogen-bond acceptors (Lipinski definition) is 8. The quantitative estimate of drug-likeness (QED) is 0.244. The van der Waals surface area contributed by atoms with Crippen LogP contribution in [0.2, 0.25) is 0 Å². The molecule has 0 unspecified atom stereocenters. The molecule has 0 saturated carbocycles. The van der Waals surface area contributed by atoms with Gasteiger partial charge in [-0.25, -0.2) is 0 Å². The smallest absolute Gasteiger partial charge is 0.154 e. The van der Waals surface area contributed by atoms with Crippen LogP contribution in [0.1, 0.15) is 20.8 Å². The average molecular weight is 298 g/mol. The number of aldehydes is 1. The first-order chi connectivity index (χ1) is 9.35. The fourth-order valence-electron chi connectivity index (χ4n) is 1.14. The molecule has 0 rings (SSSR count). The number of rotatable bonds is 9. The summed E-state index contributed by atoms with van der Waals surface area (Å²) in [6.45, 7) is 6.49. The monoisotopic (exact) mass is 298 g/mol. The molecule has 8 heteroatoms. The minimum atomic E-state index is -1.79. The van der Waals surface area contributed by atoms with Crippen LogP contribution in [0.15, 0.2) is 0 Å². The normalized spacial score (nSPS) is 16.9. The summed E-state index contributed by atoms with van der Waals surface area (Å²) in [5, 5.41) is 43.5. The van der Waals surface area contributed by atoms with Crippen LogP contribution in [0.3, 0.4) is 0 Å². The Kier molecular flexibility index (Phi) is 14.5. The maximum Gasteiger partial charge on any atom is 0.154 e. The van der Waals surface area contributed by atoms with E-state index >= 15 is 0 Å². The van der Waals surface area contributed by atoms with E-state index < -0.39 is 31.0 Å². The summed E-state index contributed by atoms with van der Waals surface area (Å²) < 4.78 is 10.1. The first-order valence-electron chi connectivity index (χ1n) is 6.37. The summed E-state index contributed by atoms with van der Waals surface area (Å²) in [5.74, 6) is 0. The lowest BCUT2D eigenvalue weighted by Gasteiger charge is -2.22. The number of aliphatic hydroxyl groups excluding tert-OH is 5. The molecule has 0 spiro atoms. The van der Waals surface area contributed by atoms with Crippen LogP contribution >= 0.6 is 0 Å². The van der Waals surface area contributed by atoms with Crippen LogP contribution in [0.5, 0.6) is 0 Å². The largest absolute Gasteiger partial charge is 0.394 e. The van der Waals surface area contributed by atoms with Gasteiger partial charge in [-0.15, -0.1) is 0 Å². The Balaban J connectivity index is 0. The molecule has 0 bridgehead atoms. The Morgan fingerprint density at radius 1 is 1.00 bits per heavy atom. The van der Waals surface area contributed by atoms with Crippen molar-refractivity contribution < 1.29 is 39.8 Å². The molecule has 0 aromatic rings. The van der Waals surface area contributed by atoms with Gasteiger partial charge < -0.3 is 39.8 Å². The molecule has 0 aromatic carbocycles. The number of ether oxygens (including phenoxy) is 2. The SMILES string of the molecule is CCOC(C)OCC.O=C[C@H](O)[C@@H](O)[C@H](O)[C@H](O)CO. The molecule has 0 heterocycles. The van der Waals surface area contributed by atoms with Crippen molar-refractivity contribution >= 4 is 6.29 Å². The fraction of sp³-hybridized carbons (Fsp3) is 0.917. The van der Waals surface area contributed by atoms with Crippen molar-refractivity contribution in [3.8, 4) is 0 Å². The van der Waals surface area contributed by atoms with E-state index in [0.717, 1.165) is 13.2 Å². The molecule has 0 saturated heterocycles. The van der Waals surface area contributed by atoms with E-state index in [9.17, 15) is 4.79 Å². The maximum atomic E-state index is 9.90. The van der Waals surface area contributed by atoms with Crippen molar-refractivity contribution in [1.82, 2.24) is 0 Å². The highest BCUT2D eigenvalue weighted by molar-refractivity contribution is 5.56. The van der Waals surface area contributed by atoms with Crippen LogP contribution in [0, 0.1) is 0 Å². The Hall–Kier alpha value is -0.610. The molecule has 122 valence electrons. The zero-order chi connectivity index (χ0) is 16.1. The molecule has 20 heavy (non-hydrogen) atoms. The van der Waals surface area contributed by atoms with Gasteiger partial charge in [0.25, 0.3) is 0 Å². The first-order valence-corrected chi connectivity index (χ1v) is 6.37. The van der Waals surface area contributed by atoms with Crippen molar-refractivity contribution in [3.05, 3.63) is 0 Å². The van der Waals surface area contributed by atoms with E-state index in [2.05, 4.69) is 0 Å². The van der Waals surface area contributed by atoms with Crippen molar-refractivity contribution in [2.75, 3.05) is 19.8 Å². The predicted octanol–water partition coefficient (Wildman–Crippen LogP) is -1.97. The third kappa shape index (κ3) is 10.2. The average Bonchev–Trinajstić information content (AvgIpc) is 2.45. The number of carbonyl (C=O) groups excluding carboxylic acids is 1. The zero-order valence-corrected chi connectivity index (χ0v) is 12.0. The van der Waals surface area contributed by atoms with E-state index in [1.54, 1.807) is 0 Å². The lowest BCUT2D eigenvalue weighted by atomic mass is 10.0. The summed E-state index contributed by atoms with van der Waals surface area (Å²) in [6.07, 6.45) is -6.88. The van der Waals surface area contributed by atoms with Crippen molar-refractivity contribution in [3.63, 3.8) is 0 Å². The van der Waals surface area contributed by atoms with Crippen LogP contribution < -0.4 is 0 Å². The molecule has 0 aliphatic rings. The minimum Gasteiger partial charge on any atom is -0.394 e. The molecule has 4 atom stereocenters. The summed E-state index contributed by atoms with van der Waals surface area (Å²) in [6, 6.07) is 0. The second kappa shape index (κ2) is 13.4. The molecule has 0 aliphatic carbocycles.